The number of aliphatic hydroxyl groups excluding tert-OH is 3. The van der Waals surface area contributed by atoms with Gasteiger partial charge >= 0.3 is 5.97 Å². The molecule has 27 heavy (non-hydrogen) atoms. The molecule has 5 nitrogen and oxygen atoms in total. The monoisotopic (exact) mass is 380 g/mol. The Balaban J connectivity index is 4.15. The van der Waals surface area contributed by atoms with Gasteiger partial charge in [0, 0.05) is 6.42 Å². The summed E-state index contributed by atoms with van der Waals surface area (Å²) in [7, 11) is 1.32. The minimum atomic E-state index is -0.975. The lowest BCUT2D eigenvalue weighted by Crippen LogP contribution is -2.23. The van der Waals surface area contributed by atoms with Gasteiger partial charge in [0.05, 0.1) is 25.4 Å². The summed E-state index contributed by atoms with van der Waals surface area (Å²) in [5, 5.41) is 29.6. The molecule has 3 N–H and O–H groups in total. The van der Waals surface area contributed by atoms with Gasteiger partial charge in [0.15, 0.2) is 0 Å². The average molecular weight is 381 g/mol. The van der Waals surface area contributed by atoms with Crippen LogP contribution < -0.4 is 0 Å². The molecule has 0 saturated heterocycles. The first-order chi connectivity index (χ1) is 12.9. The van der Waals surface area contributed by atoms with Crippen LogP contribution in [0.4, 0.5) is 0 Å². The van der Waals surface area contributed by atoms with Crippen LogP contribution in [0.15, 0.2) is 48.1 Å². The summed E-state index contributed by atoms with van der Waals surface area (Å²) in [6, 6.07) is 0. The second-order valence-electron chi connectivity index (χ2n) is 6.60. The number of rotatable bonds is 14. The van der Waals surface area contributed by atoms with Gasteiger partial charge in [-0.1, -0.05) is 68.7 Å². The Bertz CT molecular complexity index is 505. The fraction of sp³-hybridized carbons (Fsp3) is 0.591. The van der Waals surface area contributed by atoms with Gasteiger partial charge in [-0.2, -0.15) is 0 Å². The molecule has 0 aliphatic heterocycles. The number of hydrogen-bond donors (Lipinski definition) is 3. The van der Waals surface area contributed by atoms with Crippen LogP contribution in [0.5, 0.6) is 0 Å². The summed E-state index contributed by atoms with van der Waals surface area (Å²) in [5.74, 6) is -0.320. The molecule has 0 heterocycles. The van der Waals surface area contributed by atoms with Gasteiger partial charge in [0.2, 0.25) is 0 Å². The predicted molar refractivity (Wildman–Crippen MR) is 109 cm³/mol. The molecule has 0 amide bonds. The highest BCUT2D eigenvalue weighted by molar-refractivity contribution is 5.68. The van der Waals surface area contributed by atoms with Gasteiger partial charge in [-0.25, -0.2) is 0 Å². The van der Waals surface area contributed by atoms with Gasteiger partial charge < -0.3 is 20.1 Å². The third kappa shape index (κ3) is 14.1. The molecular weight excluding hydrogens is 344 g/mol. The molecule has 0 aromatic heterocycles. The van der Waals surface area contributed by atoms with Crippen molar-refractivity contribution in [3.8, 4) is 0 Å². The Morgan fingerprint density at radius 3 is 2.30 bits per heavy atom. The molecule has 0 aromatic rings. The van der Waals surface area contributed by atoms with Crippen molar-refractivity contribution >= 4 is 5.97 Å². The molecule has 3 atom stereocenters. The fourth-order valence-electron chi connectivity index (χ4n) is 2.36. The average Bonchev–Trinajstić information content (AvgIpc) is 2.66. The van der Waals surface area contributed by atoms with Gasteiger partial charge in [-0.3, -0.25) is 4.79 Å². The standard InChI is InChI=1S/C22H36O5/c1-4-5-9-14-19(23)18(2)13-10-7-6-8-11-15-20(24)21(25)16-12-17-22(26)27-3/h6-8,10-11,13,15,19-21,23-25H,4-5,9,12,14,16-17H2,1-3H3/b8-6+,10-7-,15-11+,18-13+/t19-,20+,21-/m0/s1. The second-order valence-corrected chi connectivity index (χ2v) is 6.60. The van der Waals surface area contributed by atoms with Crippen LogP contribution in [-0.2, 0) is 9.53 Å². The van der Waals surface area contributed by atoms with E-state index in [1.54, 1.807) is 18.2 Å². The van der Waals surface area contributed by atoms with Crippen LogP contribution in [-0.4, -0.2) is 46.7 Å². The quantitative estimate of drug-likeness (QED) is 0.243. The van der Waals surface area contributed by atoms with E-state index in [1.165, 1.54) is 13.2 Å². The van der Waals surface area contributed by atoms with E-state index in [9.17, 15) is 20.1 Å². The zero-order valence-corrected chi connectivity index (χ0v) is 16.9. The number of esters is 1. The molecule has 5 heteroatoms. The van der Waals surface area contributed by atoms with Crippen molar-refractivity contribution in [3.05, 3.63) is 48.1 Å². The molecule has 0 aromatic carbocycles. The van der Waals surface area contributed by atoms with Crippen molar-refractivity contribution in [2.75, 3.05) is 7.11 Å². The Kier molecular flexibility index (Phi) is 15.4. The Morgan fingerprint density at radius 1 is 0.963 bits per heavy atom. The normalized spacial score (nSPS) is 16.3. The second kappa shape index (κ2) is 16.5. The van der Waals surface area contributed by atoms with E-state index >= 15 is 0 Å². The Hall–Kier alpha value is -1.69. The van der Waals surface area contributed by atoms with E-state index in [0.29, 0.717) is 12.8 Å². The summed E-state index contributed by atoms with van der Waals surface area (Å²) in [6.07, 6.45) is 15.2. The van der Waals surface area contributed by atoms with E-state index < -0.39 is 12.2 Å². The summed E-state index contributed by atoms with van der Waals surface area (Å²) >= 11 is 0. The maximum Gasteiger partial charge on any atom is 0.305 e. The molecule has 0 bridgehead atoms. The predicted octanol–water partition coefficient (Wildman–Crippen LogP) is 3.61. The lowest BCUT2D eigenvalue weighted by atomic mass is 10.0. The minimum absolute atomic E-state index is 0.231. The molecule has 0 aliphatic rings. The highest BCUT2D eigenvalue weighted by Gasteiger charge is 2.13. The van der Waals surface area contributed by atoms with Crippen molar-refractivity contribution in [1.82, 2.24) is 0 Å². The molecule has 0 spiro atoms. The molecule has 0 aliphatic carbocycles. The summed E-state index contributed by atoms with van der Waals surface area (Å²) < 4.78 is 4.52. The van der Waals surface area contributed by atoms with Crippen LogP contribution >= 0.6 is 0 Å². The zero-order valence-electron chi connectivity index (χ0n) is 16.9. The number of ether oxygens (including phenoxy) is 1. The van der Waals surface area contributed by atoms with E-state index in [4.69, 9.17) is 0 Å². The largest absolute Gasteiger partial charge is 0.469 e. The highest BCUT2D eigenvalue weighted by Crippen LogP contribution is 2.11. The Morgan fingerprint density at radius 2 is 1.63 bits per heavy atom. The highest BCUT2D eigenvalue weighted by atomic mass is 16.5. The summed E-state index contributed by atoms with van der Waals surface area (Å²) in [5.41, 5.74) is 0.941. The lowest BCUT2D eigenvalue weighted by Gasteiger charge is -2.13. The van der Waals surface area contributed by atoms with E-state index in [2.05, 4.69) is 11.7 Å². The smallest absolute Gasteiger partial charge is 0.305 e. The maximum absolute atomic E-state index is 11.0. The third-order valence-corrected chi connectivity index (χ3v) is 4.22. The van der Waals surface area contributed by atoms with E-state index in [0.717, 1.165) is 31.3 Å². The maximum atomic E-state index is 11.0. The zero-order chi connectivity index (χ0) is 20.5. The van der Waals surface area contributed by atoms with Crippen LogP contribution in [0.25, 0.3) is 0 Å². The molecule has 0 radical (unpaired) electrons. The molecule has 0 unspecified atom stereocenters. The van der Waals surface area contributed by atoms with E-state index in [1.807, 2.05) is 25.2 Å². The van der Waals surface area contributed by atoms with Crippen molar-refractivity contribution in [1.29, 1.82) is 0 Å². The van der Waals surface area contributed by atoms with Gasteiger partial charge in [-0.15, -0.1) is 0 Å². The van der Waals surface area contributed by atoms with Gasteiger partial charge in [0.1, 0.15) is 0 Å². The SMILES string of the molecule is CCCCC[C@H](O)/C(C)=C/C=C\C=C\C=C\[C@@H](O)[C@@H](O)CCCC(=O)OC. The summed E-state index contributed by atoms with van der Waals surface area (Å²) in [4.78, 5) is 11.0. The molecule has 0 rings (SSSR count). The van der Waals surface area contributed by atoms with Crippen LogP contribution in [0.3, 0.4) is 0 Å². The van der Waals surface area contributed by atoms with Crippen molar-refractivity contribution in [2.24, 2.45) is 0 Å². The number of allylic oxidation sites excluding steroid dienone is 6. The van der Waals surface area contributed by atoms with Crippen LogP contribution in [0.2, 0.25) is 0 Å². The van der Waals surface area contributed by atoms with Crippen molar-refractivity contribution < 1.29 is 24.9 Å². The van der Waals surface area contributed by atoms with Crippen LogP contribution in [0, 0.1) is 0 Å². The van der Waals surface area contributed by atoms with Crippen molar-refractivity contribution in [2.45, 2.75) is 77.1 Å². The first-order valence-electron chi connectivity index (χ1n) is 9.71. The summed E-state index contributed by atoms with van der Waals surface area (Å²) in [6.45, 7) is 4.06. The number of hydrogen-bond acceptors (Lipinski definition) is 5. The molecule has 0 fully saturated rings. The number of unbranched alkanes of at least 4 members (excludes halogenated alkanes) is 2. The van der Waals surface area contributed by atoms with Crippen LogP contribution in [0.1, 0.15) is 58.8 Å². The number of carbonyl (C=O) groups is 1. The number of methoxy groups -OCH3 is 1. The van der Waals surface area contributed by atoms with Gasteiger partial charge in [0.25, 0.3) is 0 Å². The number of aliphatic hydroxyl groups is 3. The molecular formula is C22H36O5. The first kappa shape index (κ1) is 25.3. The Labute approximate surface area is 163 Å². The first-order valence-corrected chi connectivity index (χ1v) is 9.71. The van der Waals surface area contributed by atoms with E-state index in [-0.39, 0.29) is 18.5 Å². The van der Waals surface area contributed by atoms with Crippen molar-refractivity contribution in [3.63, 3.8) is 0 Å². The lowest BCUT2D eigenvalue weighted by molar-refractivity contribution is -0.140. The molecule has 154 valence electrons. The topological polar surface area (TPSA) is 87.0 Å². The third-order valence-electron chi connectivity index (χ3n) is 4.22. The van der Waals surface area contributed by atoms with Gasteiger partial charge in [-0.05, 0) is 31.8 Å². The molecule has 0 saturated carbocycles. The fourth-order valence-corrected chi connectivity index (χ4v) is 2.36. The number of carbonyl (C=O) groups excluding carboxylic acids is 1. The minimum Gasteiger partial charge on any atom is -0.469 e.